The molecular formula is C33H34ClNO. The number of carbonyl (C=O) groups excluding carboxylic acids is 1. The van der Waals surface area contributed by atoms with Gasteiger partial charge in [0.05, 0.1) is 0 Å². The van der Waals surface area contributed by atoms with E-state index in [-0.39, 0.29) is 10.8 Å². The molecule has 4 aliphatic carbocycles. The van der Waals surface area contributed by atoms with Crippen molar-refractivity contribution in [3.63, 3.8) is 0 Å². The Balaban J connectivity index is 1.16. The lowest BCUT2D eigenvalue weighted by atomic mass is 9.42. The van der Waals surface area contributed by atoms with Crippen LogP contribution in [0.5, 0.6) is 0 Å². The maximum absolute atomic E-state index is 13.6. The van der Waals surface area contributed by atoms with Crippen molar-refractivity contribution < 1.29 is 4.79 Å². The van der Waals surface area contributed by atoms with E-state index >= 15 is 0 Å². The molecule has 1 heterocycles. The van der Waals surface area contributed by atoms with Crippen LogP contribution in [-0.2, 0) is 23.2 Å². The van der Waals surface area contributed by atoms with Gasteiger partial charge in [0.1, 0.15) is 5.78 Å². The number of halogens is 1. The molecule has 4 bridgehead atoms. The third-order valence-corrected chi connectivity index (χ3v) is 10.0. The van der Waals surface area contributed by atoms with Crippen LogP contribution in [0, 0.1) is 17.3 Å². The van der Waals surface area contributed by atoms with Gasteiger partial charge in [-0.2, -0.15) is 0 Å². The first-order valence-corrected chi connectivity index (χ1v) is 14.1. The zero-order chi connectivity index (χ0) is 24.5. The average molecular weight is 496 g/mol. The topological polar surface area (TPSA) is 22.0 Å². The third-order valence-electron chi connectivity index (χ3n) is 9.77. The summed E-state index contributed by atoms with van der Waals surface area (Å²) >= 11 is 6.22. The third kappa shape index (κ3) is 3.56. The molecule has 0 amide bonds. The van der Waals surface area contributed by atoms with E-state index in [0.29, 0.717) is 12.2 Å². The second kappa shape index (κ2) is 8.21. The Kier molecular flexibility index (Phi) is 5.16. The molecule has 0 aliphatic heterocycles. The maximum atomic E-state index is 13.6. The number of hydrogen-bond donors (Lipinski definition) is 0. The van der Waals surface area contributed by atoms with Gasteiger partial charge in [-0.3, -0.25) is 4.79 Å². The molecule has 2 atom stereocenters. The number of benzene rings is 3. The van der Waals surface area contributed by atoms with Crippen molar-refractivity contribution in [2.24, 2.45) is 17.3 Å². The van der Waals surface area contributed by atoms with E-state index in [2.05, 4.69) is 78.2 Å². The van der Waals surface area contributed by atoms with Crippen molar-refractivity contribution in [2.45, 2.75) is 70.3 Å². The minimum absolute atomic E-state index is 0.184. The first-order chi connectivity index (χ1) is 17.5. The van der Waals surface area contributed by atoms with Crippen LogP contribution in [0.4, 0.5) is 0 Å². The first-order valence-electron chi connectivity index (χ1n) is 13.7. The lowest BCUT2D eigenvalue weighted by Gasteiger charge is -2.62. The predicted molar refractivity (Wildman–Crippen MR) is 149 cm³/mol. The van der Waals surface area contributed by atoms with Gasteiger partial charge in [0.2, 0.25) is 0 Å². The number of nitrogens with zero attached hydrogens (tertiary/aromatic N) is 1. The van der Waals surface area contributed by atoms with E-state index in [9.17, 15) is 4.79 Å². The maximum Gasteiger partial charge on any atom is 0.137 e. The summed E-state index contributed by atoms with van der Waals surface area (Å²) in [6, 6.07) is 23.9. The molecule has 3 aromatic carbocycles. The van der Waals surface area contributed by atoms with Crippen LogP contribution in [0.25, 0.3) is 21.8 Å². The quantitative estimate of drug-likeness (QED) is 0.263. The summed E-state index contributed by atoms with van der Waals surface area (Å²) in [7, 11) is 0. The molecule has 4 aromatic rings. The second-order valence-corrected chi connectivity index (χ2v) is 12.7. The highest BCUT2D eigenvalue weighted by Crippen LogP contribution is 2.66. The van der Waals surface area contributed by atoms with Gasteiger partial charge in [0.15, 0.2) is 0 Å². The Hall–Kier alpha value is -2.58. The smallest absolute Gasteiger partial charge is 0.137 e. The summed E-state index contributed by atoms with van der Waals surface area (Å²) < 4.78 is 2.38. The van der Waals surface area contributed by atoms with Crippen LogP contribution in [-0.4, -0.2) is 10.4 Å². The fourth-order valence-corrected chi connectivity index (χ4v) is 9.19. The highest BCUT2D eigenvalue weighted by Gasteiger charge is 2.58. The predicted octanol–water partition coefficient (Wildman–Crippen LogP) is 8.51. The van der Waals surface area contributed by atoms with Crippen molar-refractivity contribution in [3.05, 3.63) is 82.9 Å². The molecule has 1 aromatic heterocycles. The van der Waals surface area contributed by atoms with E-state index in [0.717, 1.165) is 35.4 Å². The van der Waals surface area contributed by atoms with Crippen LogP contribution in [0.1, 0.15) is 63.0 Å². The highest BCUT2D eigenvalue weighted by molar-refractivity contribution is 6.30. The van der Waals surface area contributed by atoms with Gasteiger partial charge >= 0.3 is 0 Å². The van der Waals surface area contributed by atoms with Crippen LogP contribution in [0.15, 0.2) is 66.7 Å². The largest absolute Gasteiger partial charge is 0.341 e. The van der Waals surface area contributed by atoms with Gasteiger partial charge in [-0.25, -0.2) is 0 Å². The minimum atomic E-state index is 0.184. The molecule has 0 spiro atoms. The van der Waals surface area contributed by atoms with Gasteiger partial charge in [-0.15, -0.1) is 0 Å². The number of para-hydroxylation sites is 1. The van der Waals surface area contributed by atoms with Crippen molar-refractivity contribution in [1.29, 1.82) is 0 Å². The number of ketones is 1. The summed E-state index contributed by atoms with van der Waals surface area (Å²) in [5.41, 5.74) is 5.58. The van der Waals surface area contributed by atoms with E-state index in [1.807, 2.05) is 0 Å². The molecule has 2 unspecified atom stereocenters. The molecule has 0 radical (unpaired) electrons. The summed E-state index contributed by atoms with van der Waals surface area (Å²) in [6.45, 7) is 3.15. The number of rotatable bonds is 6. The van der Waals surface area contributed by atoms with E-state index in [1.54, 1.807) is 0 Å². The van der Waals surface area contributed by atoms with Crippen molar-refractivity contribution in [3.8, 4) is 0 Å². The standard InChI is InChI=1S/C33H34ClNO/c1-2-35-30-6-4-3-5-28(30)29-15-22(7-12-31(29)35)14-27(36)20-32-16-23-13-24(17-32)19-33(18-23,21-32)25-8-10-26(34)11-9-25/h3-12,15,23-24H,2,13-14,16-21H2,1H3. The molecular weight excluding hydrogens is 462 g/mol. The molecule has 4 saturated carbocycles. The molecule has 8 rings (SSSR count). The van der Waals surface area contributed by atoms with Gasteiger partial charge in [0.25, 0.3) is 0 Å². The molecule has 4 fully saturated rings. The Bertz CT molecular complexity index is 1470. The SMILES string of the molecule is CCn1c2ccccc2c2cc(CC(=O)CC34CC5CC(C3)CC(c3ccc(Cl)cc3)(C5)C4)ccc21. The monoisotopic (exact) mass is 495 g/mol. The van der Waals surface area contributed by atoms with Crippen LogP contribution in [0.2, 0.25) is 5.02 Å². The Labute approximate surface area is 218 Å². The Morgan fingerprint density at radius 2 is 1.64 bits per heavy atom. The Morgan fingerprint density at radius 3 is 2.39 bits per heavy atom. The molecule has 36 heavy (non-hydrogen) atoms. The van der Waals surface area contributed by atoms with Gasteiger partial charge < -0.3 is 4.57 Å². The van der Waals surface area contributed by atoms with Crippen LogP contribution >= 0.6 is 11.6 Å². The molecule has 0 N–H and O–H groups in total. The molecule has 4 aliphatic rings. The van der Waals surface area contributed by atoms with Crippen molar-refractivity contribution >= 4 is 39.2 Å². The second-order valence-electron chi connectivity index (χ2n) is 12.3. The van der Waals surface area contributed by atoms with E-state index < -0.39 is 0 Å². The fraction of sp³-hybridized carbons (Fsp3) is 0.424. The number of fused-ring (bicyclic) bond motifs is 3. The van der Waals surface area contributed by atoms with Gasteiger partial charge in [-0.1, -0.05) is 48.0 Å². The van der Waals surface area contributed by atoms with Crippen LogP contribution < -0.4 is 0 Å². The number of Topliss-reactive ketones (excluding diaryl/α,β-unsaturated/α-hetero) is 1. The zero-order valence-electron chi connectivity index (χ0n) is 21.1. The van der Waals surface area contributed by atoms with Gasteiger partial charge in [-0.05, 0) is 110 Å². The number of hydrogen-bond acceptors (Lipinski definition) is 1. The number of carbonyl (C=O) groups is 1. The fourth-order valence-electron chi connectivity index (χ4n) is 9.06. The normalized spacial score (nSPS) is 28.8. The highest BCUT2D eigenvalue weighted by atomic mass is 35.5. The number of aromatic nitrogens is 1. The first kappa shape index (κ1) is 22.6. The summed E-state index contributed by atoms with van der Waals surface area (Å²) in [4.78, 5) is 13.6. The number of aryl methyl sites for hydroxylation is 1. The lowest BCUT2D eigenvalue weighted by Crippen LogP contribution is -2.54. The summed E-state index contributed by atoms with van der Waals surface area (Å²) in [5, 5.41) is 3.37. The molecule has 0 saturated heterocycles. The molecule has 2 nitrogen and oxygen atoms in total. The zero-order valence-corrected chi connectivity index (χ0v) is 21.9. The average Bonchev–Trinajstić information content (AvgIpc) is 3.16. The van der Waals surface area contributed by atoms with Crippen molar-refractivity contribution in [1.82, 2.24) is 4.57 Å². The van der Waals surface area contributed by atoms with E-state index in [1.165, 1.54) is 65.9 Å². The summed E-state index contributed by atoms with van der Waals surface area (Å²) in [6.07, 6.45) is 8.89. The molecule has 3 heteroatoms. The Morgan fingerprint density at radius 1 is 0.917 bits per heavy atom. The van der Waals surface area contributed by atoms with Crippen LogP contribution in [0.3, 0.4) is 0 Å². The van der Waals surface area contributed by atoms with E-state index in [4.69, 9.17) is 11.6 Å². The van der Waals surface area contributed by atoms with Crippen molar-refractivity contribution in [2.75, 3.05) is 0 Å². The lowest BCUT2D eigenvalue weighted by molar-refractivity contribution is -0.128. The summed E-state index contributed by atoms with van der Waals surface area (Å²) in [5.74, 6) is 1.96. The van der Waals surface area contributed by atoms with Gasteiger partial charge in [0, 0.05) is 46.2 Å². The minimum Gasteiger partial charge on any atom is -0.341 e. The molecule has 184 valence electrons.